The highest BCUT2D eigenvalue weighted by molar-refractivity contribution is 7.93. The summed E-state index contributed by atoms with van der Waals surface area (Å²) < 4.78 is 26.9. The maximum absolute atomic E-state index is 12.2. The Kier molecular flexibility index (Phi) is 4.97. The van der Waals surface area contributed by atoms with Crippen molar-refractivity contribution in [3.63, 3.8) is 0 Å². The Bertz CT molecular complexity index is 691. The molecule has 0 saturated carbocycles. The number of rotatable bonds is 6. The second-order valence-corrected chi connectivity index (χ2v) is 7.62. The highest BCUT2D eigenvalue weighted by atomic mass is 32.2. The highest BCUT2D eigenvalue weighted by Gasteiger charge is 2.15. The number of thiazole rings is 1. The van der Waals surface area contributed by atoms with Gasteiger partial charge >= 0.3 is 0 Å². The van der Waals surface area contributed by atoms with Crippen LogP contribution < -0.4 is 10.0 Å². The van der Waals surface area contributed by atoms with E-state index < -0.39 is 10.0 Å². The molecule has 5 nitrogen and oxygen atoms in total. The van der Waals surface area contributed by atoms with Crippen molar-refractivity contribution in [2.75, 3.05) is 4.72 Å². The standard InChI is InChI=1S/C14H19N3O2S2/c1-10(2)15-8-12-4-6-13(7-5-12)21(18,19)17-14-16-11(3)9-20-14/h4-7,9-10,15H,8H2,1-3H3,(H,16,17). The van der Waals surface area contributed by atoms with Gasteiger partial charge in [0.1, 0.15) is 0 Å². The van der Waals surface area contributed by atoms with Crippen molar-refractivity contribution in [2.45, 2.75) is 38.3 Å². The Balaban J connectivity index is 2.09. The molecule has 7 heteroatoms. The van der Waals surface area contributed by atoms with Crippen LogP contribution in [0.2, 0.25) is 0 Å². The zero-order valence-electron chi connectivity index (χ0n) is 12.3. The first-order valence-corrected chi connectivity index (χ1v) is 9.00. The first-order valence-electron chi connectivity index (χ1n) is 6.64. The van der Waals surface area contributed by atoms with E-state index in [2.05, 4.69) is 28.9 Å². The van der Waals surface area contributed by atoms with Gasteiger partial charge in [-0.3, -0.25) is 4.72 Å². The summed E-state index contributed by atoms with van der Waals surface area (Å²) in [4.78, 5) is 4.35. The first kappa shape index (κ1) is 15.9. The fourth-order valence-corrected chi connectivity index (χ4v) is 3.62. The van der Waals surface area contributed by atoms with E-state index in [4.69, 9.17) is 0 Å². The predicted molar refractivity (Wildman–Crippen MR) is 86.1 cm³/mol. The lowest BCUT2D eigenvalue weighted by Crippen LogP contribution is -2.21. The van der Waals surface area contributed by atoms with Crippen molar-refractivity contribution < 1.29 is 8.42 Å². The molecule has 0 aliphatic carbocycles. The smallest absolute Gasteiger partial charge is 0.263 e. The average Bonchev–Trinajstić information content (AvgIpc) is 2.81. The Morgan fingerprint density at radius 3 is 2.43 bits per heavy atom. The van der Waals surface area contributed by atoms with Gasteiger partial charge in [0.2, 0.25) is 0 Å². The summed E-state index contributed by atoms with van der Waals surface area (Å²) in [5.41, 5.74) is 1.85. The number of aryl methyl sites for hydroxylation is 1. The fraction of sp³-hybridized carbons (Fsp3) is 0.357. The van der Waals surface area contributed by atoms with E-state index in [0.717, 1.165) is 17.8 Å². The first-order chi connectivity index (χ1) is 9.87. The quantitative estimate of drug-likeness (QED) is 0.857. The second-order valence-electron chi connectivity index (χ2n) is 5.08. The third-order valence-corrected chi connectivity index (χ3v) is 5.15. The Hall–Kier alpha value is -1.44. The fourth-order valence-electron chi connectivity index (χ4n) is 1.68. The van der Waals surface area contributed by atoms with Crippen LogP contribution in [0.1, 0.15) is 25.1 Å². The number of nitrogens with zero attached hydrogens (tertiary/aromatic N) is 1. The Morgan fingerprint density at radius 2 is 1.90 bits per heavy atom. The van der Waals surface area contributed by atoms with Gasteiger partial charge in [0.05, 0.1) is 10.6 Å². The molecule has 1 aromatic heterocycles. The summed E-state index contributed by atoms with van der Waals surface area (Å²) in [7, 11) is -3.57. The Morgan fingerprint density at radius 1 is 1.24 bits per heavy atom. The molecule has 21 heavy (non-hydrogen) atoms. The van der Waals surface area contributed by atoms with Crippen LogP contribution in [-0.2, 0) is 16.6 Å². The van der Waals surface area contributed by atoms with E-state index in [-0.39, 0.29) is 4.90 Å². The van der Waals surface area contributed by atoms with E-state index >= 15 is 0 Å². The van der Waals surface area contributed by atoms with Crippen molar-refractivity contribution >= 4 is 26.5 Å². The van der Waals surface area contributed by atoms with E-state index in [9.17, 15) is 8.42 Å². The average molecular weight is 325 g/mol. The molecule has 0 fully saturated rings. The van der Waals surface area contributed by atoms with Gasteiger partial charge in [-0.2, -0.15) is 0 Å². The molecule has 0 atom stereocenters. The third kappa shape index (κ3) is 4.52. The third-order valence-electron chi connectivity index (χ3n) is 2.79. The lowest BCUT2D eigenvalue weighted by Gasteiger charge is -2.09. The van der Waals surface area contributed by atoms with Crippen LogP contribution >= 0.6 is 11.3 Å². The number of hydrogen-bond acceptors (Lipinski definition) is 5. The summed E-state index contributed by atoms with van der Waals surface area (Å²) in [6, 6.07) is 7.25. The zero-order valence-corrected chi connectivity index (χ0v) is 13.9. The van der Waals surface area contributed by atoms with Crippen LogP contribution in [0.15, 0.2) is 34.5 Å². The van der Waals surface area contributed by atoms with Gasteiger partial charge in [0.25, 0.3) is 10.0 Å². The topological polar surface area (TPSA) is 71.1 Å². The molecule has 0 radical (unpaired) electrons. The van der Waals surface area contributed by atoms with Gasteiger partial charge in [-0.1, -0.05) is 26.0 Å². The van der Waals surface area contributed by atoms with Crippen LogP contribution in [0.4, 0.5) is 5.13 Å². The summed E-state index contributed by atoms with van der Waals surface area (Å²) in [5, 5.41) is 5.48. The number of benzene rings is 1. The minimum Gasteiger partial charge on any atom is -0.310 e. The predicted octanol–water partition coefficient (Wildman–Crippen LogP) is 2.75. The molecule has 0 bridgehead atoms. The number of nitrogens with one attached hydrogen (secondary N) is 2. The van der Waals surface area contributed by atoms with Gasteiger partial charge in [0.15, 0.2) is 5.13 Å². The summed E-state index contributed by atoms with van der Waals surface area (Å²) in [5.74, 6) is 0. The van der Waals surface area contributed by atoms with Gasteiger partial charge in [-0.15, -0.1) is 11.3 Å². The van der Waals surface area contributed by atoms with Gasteiger partial charge in [-0.05, 0) is 24.6 Å². The molecule has 0 unspecified atom stereocenters. The van der Waals surface area contributed by atoms with E-state index in [1.54, 1.807) is 17.5 Å². The Labute approximate surface area is 129 Å². The maximum Gasteiger partial charge on any atom is 0.263 e. The zero-order chi connectivity index (χ0) is 15.5. The van der Waals surface area contributed by atoms with Crippen LogP contribution in [0, 0.1) is 6.92 Å². The van der Waals surface area contributed by atoms with Crippen LogP contribution in [0.5, 0.6) is 0 Å². The molecule has 0 aliphatic heterocycles. The molecular formula is C14H19N3O2S2. The molecule has 2 aromatic rings. The van der Waals surface area contributed by atoms with Crippen LogP contribution in [-0.4, -0.2) is 19.4 Å². The molecule has 114 valence electrons. The number of aromatic nitrogens is 1. The summed E-state index contributed by atoms with van der Waals surface area (Å²) >= 11 is 1.27. The minimum absolute atomic E-state index is 0.239. The lowest BCUT2D eigenvalue weighted by molar-refractivity contribution is 0.588. The van der Waals surface area contributed by atoms with Crippen molar-refractivity contribution in [2.24, 2.45) is 0 Å². The SMILES string of the molecule is Cc1csc(NS(=O)(=O)c2ccc(CNC(C)C)cc2)n1. The van der Waals surface area contributed by atoms with Gasteiger partial charge in [-0.25, -0.2) is 13.4 Å². The van der Waals surface area contributed by atoms with Crippen molar-refractivity contribution in [3.8, 4) is 0 Å². The highest BCUT2D eigenvalue weighted by Crippen LogP contribution is 2.20. The molecule has 0 saturated heterocycles. The summed E-state index contributed by atoms with van der Waals surface area (Å²) in [6.45, 7) is 6.68. The molecule has 2 N–H and O–H groups in total. The van der Waals surface area contributed by atoms with Gasteiger partial charge in [0, 0.05) is 18.0 Å². The molecule has 0 spiro atoms. The minimum atomic E-state index is -3.57. The van der Waals surface area contributed by atoms with Crippen LogP contribution in [0.3, 0.4) is 0 Å². The molecular weight excluding hydrogens is 306 g/mol. The molecule has 2 rings (SSSR count). The molecule has 0 amide bonds. The van der Waals surface area contributed by atoms with Gasteiger partial charge < -0.3 is 5.32 Å². The number of hydrogen-bond donors (Lipinski definition) is 2. The largest absolute Gasteiger partial charge is 0.310 e. The van der Waals surface area contributed by atoms with E-state index in [0.29, 0.717) is 11.2 Å². The van der Waals surface area contributed by atoms with E-state index in [1.165, 1.54) is 11.3 Å². The van der Waals surface area contributed by atoms with Crippen molar-refractivity contribution in [1.29, 1.82) is 0 Å². The summed E-state index contributed by atoms with van der Waals surface area (Å²) in [6.07, 6.45) is 0. The molecule has 0 aliphatic rings. The number of sulfonamides is 1. The lowest BCUT2D eigenvalue weighted by atomic mass is 10.2. The molecule has 1 heterocycles. The van der Waals surface area contributed by atoms with Crippen molar-refractivity contribution in [1.82, 2.24) is 10.3 Å². The molecule has 1 aromatic carbocycles. The monoisotopic (exact) mass is 325 g/mol. The number of anilines is 1. The normalized spacial score (nSPS) is 11.8. The van der Waals surface area contributed by atoms with Crippen LogP contribution in [0.25, 0.3) is 0 Å². The van der Waals surface area contributed by atoms with Crippen molar-refractivity contribution in [3.05, 3.63) is 40.9 Å². The van der Waals surface area contributed by atoms with E-state index in [1.807, 2.05) is 19.1 Å². The second kappa shape index (κ2) is 6.55. The maximum atomic E-state index is 12.2.